The van der Waals surface area contributed by atoms with Gasteiger partial charge in [0.2, 0.25) is 11.5 Å². The van der Waals surface area contributed by atoms with Gasteiger partial charge in [0.1, 0.15) is 10.6 Å². The summed E-state index contributed by atoms with van der Waals surface area (Å²) >= 11 is 5.79. The van der Waals surface area contributed by atoms with Gasteiger partial charge in [-0.2, -0.15) is 0 Å². The first-order chi connectivity index (χ1) is 8.04. The predicted octanol–water partition coefficient (Wildman–Crippen LogP) is 0.588. The van der Waals surface area contributed by atoms with Crippen LogP contribution in [0.2, 0.25) is 5.02 Å². The summed E-state index contributed by atoms with van der Waals surface area (Å²) in [6, 6.07) is 1.08. The van der Waals surface area contributed by atoms with E-state index in [0.717, 1.165) is 6.07 Å². The summed E-state index contributed by atoms with van der Waals surface area (Å²) in [5, 5.41) is 8.84. The molecular formula is C9H6ClNO6. The fraction of sp³-hybridized carbons (Fsp3) is 0.111. The second-order valence-corrected chi connectivity index (χ2v) is 3.42. The molecule has 1 aliphatic heterocycles. The lowest BCUT2D eigenvalue weighted by Crippen LogP contribution is -2.19. The summed E-state index contributed by atoms with van der Waals surface area (Å²) < 4.78 is 4.77. The number of carboxylic acid groups (broad SMARTS) is 1. The Morgan fingerprint density at radius 2 is 2.06 bits per heavy atom. The van der Waals surface area contributed by atoms with Gasteiger partial charge in [0, 0.05) is 6.07 Å². The van der Waals surface area contributed by atoms with Crippen molar-refractivity contribution in [2.75, 3.05) is 6.54 Å². The van der Waals surface area contributed by atoms with Gasteiger partial charge in [0.25, 0.3) is 0 Å². The molecule has 0 saturated carbocycles. The molecule has 0 atom stereocenters. The molecular weight excluding hydrogens is 254 g/mol. The molecule has 0 unspecified atom stereocenters. The zero-order valence-electron chi connectivity index (χ0n) is 8.23. The molecule has 7 nitrogen and oxygen atoms in total. The highest BCUT2D eigenvalue weighted by Gasteiger charge is 2.32. The number of nitrogens with two attached hydrogens (primary N) is 1. The highest BCUT2D eigenvalue weighted by atomic mass is 35.5. The first-order valence-electron chi connectivity index (χ1n) is 4.39. The van der Waals surface area contributed by atoms with Crippen LogP contribution in [0.5, 0.6) is 17.2 Å². The van der Waals surface area contributed by atoms with E-state index in [4.69, 9.17) is 27.2 Å². The van der Waals surface area contributed by atoms with Gasteiger partial charge in [0.05, 0.1) is 6.54 Å². The third kappa shape index (κ3) is 1.85. The van der Waals surface area contributed by atoms with Gasteiger partial charge < -0.3 is 15.6 Å². The maximum Gasteiger partial charge on any atom is 0.339 e. The number of hydrogen-bond acceptors (Lipinski definition) is 6. The average Bonchev–Trinajstić information content (AvgIpc) is 2.55. The van der Waals surface area contributed by atoms with Gasteiger partial charge in [-0.15, -0.1) is 0 Å². The van der Waals surface area contributed by atoms with Crippen molar-refractivity contribution < 1.29 is 29.2 Å². The van der Waals surface area contributed by atoms with Crippen molar-refractivity contribution in [3.8, 4) is 17.2 Å². The Bertz CT molecular complexity index is 515. The number of halogens is 1. The first kappa shape index (κ1) is 11.5. The maximum atomic E-state index is 11.0. The zero-order chi connectivity index (χ0) is 12.6. The number of aromatic carboxylic acids is 1. The fourth-order valence-electron chi connectivity index (χ4n) is 1.23. The van der Waals surface area contributed by atoms with E-state index in [9.17, 15) is 9.59 Å². The molecule has 2 bridgehead atoms. The molecule has 17 heavy (non-hydrogen) atoms. The molecule has 0 saturated heterocycles. The molecule has 1 aliphatic rings. The summed E-state index contributed by atoms with van der Waals surface area (Å²) in [7, 11) is 0. The van der Waals surface area contributed by atoms with Crippen LogP contribution in [0.4, 0.5) is 0 Å². The van der Waals surface area contributed by atoms with Crippen LogP contribution < -0.4 is 20.2 Å². The number of hydrogen-bond donors (Lipinski definition) is 2. The third-order valence-corrected chi connectivity index (χ3v) is 2.32. The minimum atomic E-state index is -1.29. The molecule has 3 N–H and O–H groups in total. The monoisotopic (exact) mass is 259 g/mol. The van der Waals surface area contributed by atoms with Crippen molar-refractivity contribution in [1.82, 2.24) is 0 Å². The van der Waals surface area contributed by atoms with Crippen LogP contribution in [0.3, 0.4) is 0 Å². The van der Waals surface area contributed by atoms with Gasteiger partial charge >= 0.3 is 11.9 Å². The van der Waals surface area contributed by atoms with E-state index < -0.39 is 11.9 Å². The smallest absolute Gasteiger partial charge is 0.339 e. The predicted molar refractivity (Wildman–Crippen MR) is 54.4 cm³/mol. The second-order valence-electron chi connectivity index (χ2n) is 3.04. The third-order valence-electron chi connectivity index (χ3n) is 1.97. The van der Waals surface area contributed by atoms with Crippen molar-refractivity contribution in [2.45, 2.75) is 0 Å². The van der Waals surface area contributed by atoms with Crippen molar-refractivity contribution in [2.24, 2.45) is 5.73 Å². The molecule has 0 amide bonds. The lowest BCUT2D eigenvalue weighted by molar-refractivity contribution is -0.133. The van der Waals surface area contributed by atoms with E-state index in [2.05, 4.69) is 9.78 Å². The van der Waals surface area contributed by atoms with Crippen molar-refractivity contribution >= 4 is 23.5 Å². The van der Waals surface area contributed by atoms with Crippen molar-refractivity contribution in [3.05, 3.63) is 16.7 Å². The summed E-state index contributed by atoms with van der Waals surface area (Å²) in [5.41, 5.74) is 4.80. The van der Waals surface area contributed by atoms with Crippen LogP contribution in [0.1, 0.15) is 10.4 Å². The van der Waals surface area contributed by atoms with E-state index in [1.54, 1.807) is 0 Å². The second kappa shape index (κ2) is 4.11. The van der Waals surface area contributed by atoms with E-state index in [1.165, 1.54) is 0 Å². The van der Waals surface area contributed by atoms with E-state index in [1.807, 2.05) is 0 Å². The lowest BCUT2D eigenvalue weighted by atomic mass is 10.2. The molecule has 2 rings (SSSR count). The number of carboxylic acids is 1. The highest BCUT2D eigenvalue weighted by Crippen LogP contribution is 2.48. The Labute approximate surface area is 99.6 Å². The number of rotatable bonds is 3. The molecule has 1 aromatic rings. The van der Waals surface area contributed by atoms with Gasteiger partial charge in [-0.25, -0.2) is 4.79 Å². The Morgan fingerprint density at radius 1 is 1.41 bits per heavy atom. The maximum absolute atomic E-state index is 11.0. The molecule has 1 aromatic carbocycles. The number of esters is 1. The number of benzene rings is 1. The Balaban J connectivity index is 2.49. The Kier molecular flexibility index (Phi) is 2.78. The minimum absolute atomic E-state index is 0.0477. The van der Waals surface area contributed by atoms with Gasteiger partial charge in [-0.1, -0.05) is 11.6 Å². The highest BCUT2D eigenvalue weighted by molar-refractivity contribution is 6.34. The summed E-state index contributed by atoms with van der Waals surface area (Å²) in [5.74, 6) is -2.36. The van der Waals surface area contributed by atoms with E-state index in [0.29, 0.717) is 0 Å². The standard InChI is InChI=1S/C9H6ClNO6/c10-6-7-3(9(13)14)1-4(8(6)17-16-7)15-5(12)2-11/h1H,2,11H2,(H,13,14). The van der Waals surface area contributed by atoms with Crippen molar-refractivity contribution in [1.29, 1.82) is 0 Å². The number of carbonyl (C=O) groups is 2. The molecule has 1 heterocycles. The van der Waals surface area contributed by atoms with Crippen LogP contribution in [-0.4, -0.2) is 23.6 Å². The van der Waals surface area contributed by atoms with Crippen molar-refractivity contribution in [3.63, 3.8) is 0 Å². The fourth-order valence-corrected chi connectivity index (χ4v) is 1.49. The van der Waals surface area contributed by atoms with Crippen LogP contribution in [-0.2, 0) is 4.79 Å². The van der Waals surface area contributed by atoms with Crippen LogP contribution in [0.15, 0.2) is 6.07 Å². The minimum Gasteiger partial charge on any atom is -0.478 e. The molecule has 8 heteroatoms. The normalized spacial score (nSPS) is 11.6. The molecule has 0 radical (unpaired) electrons. The number of fused-ring (bicyclic) bond motifs is 2. The quantitative estimate of drug-likeness (QED) is 0.464. The first-order valence-corrected chi connectivity index (χ1v) is 4.77. The van der Waals surface area contributed by atoms with Crippen LogP contribution >= 0.6 is 11.6 Å². The van der Waals surface area contributed by atoms with Crippen LogP contribution in [0.25, 0.3) is 0 Å². The van der Waals surface area contributed by atoms with Crippen LogP contribution in [0, 0.1) is 0 Å². The van der Waals surface area contributed by atoms with E-state index >= 15 is 0 Å². The summed E-state index contributed by atoms with van der Waals surface area (Å²) in [6.07, 6.45) is 0. The van der Waals surface area contributed by atoms with Gasteiger partial charge in [-0.3, -0.25) is 14.6 Å². The summed E-state index contributed by atoms with van der Waals surface area (Å²) in [4.78, 5) is 31.2. The summed E-state index contributed by atoms with van der Waals surface area (Å²) in [6.45, 7) is -0.359. The van der Waals surface area contributed by atoms with Gasteiger partial charge in [-0.05, 0) is 0 Å². The molecule has 0 aromatic heterocycles. The Hall–Kier alpha value is -1.99. The molecule has 0 fully saturated rings. The lowest BCUT2D eigenvalue weighted by Gasteiger charge is -2.04. The number of ether oxygens (including phenoxy) is 1. The molecule has 0 spiro atoms. The van der Waals surface area contributed by atoms with E-state index in [-0.39, 0.29) is 34.4 Å². The Morgan fingerprint density at radius 3 is 2.65 bits per heavy atom. The topological polar surface area (TPSA) is 108 Å². The largest absolute Gasteiger partial charge is 0.478 e. The van der Waals surface area contributed by atoms with Gasteiger partial charge in [0.15, 0.2) is 5.75 Å². The zero-order valence-corrected chi connectivity index (χ0v) is 8.98. The molecule has 0 aliphatic carbocycles. The number of carbonyl (C=O) groups excluding carboxylic acids is 1. The average molecular weight is 260 g/mol. The molecule has 90 valence electrons. The SMILES string of the molecule is NCC(=O)Oc1cc(C(=O)O)c2c(Cl)c1OO2.